The molecule has 3 aromatic rings. The molecule has 8 atom stereocenters. The average molecular weight is 821 g/mol. The molecule has 1 aromatic carbocycles. The van der Waals surface area contributed by atoms with Crippen molar-refractivity contribution in [3.8, 4) is 22.9 Å². The zero-order chi connectivity index (χ0) is 41.7. The van der Waals surface area contributed by atoms with Crippen LogP contribution in [0.4, 0.5) is 10.8 Å². The summed E-state index contributed by atoms with van der Waals surface area (Å²) >= 11 is 6.81. The highest BCUT2D eigenvalue weighted by Gasteiger charge is 2.61. The van der Waals surface area contributed by atoms with Crippen molar-refractivity contribution in [3.05, 3.63) is 42.1 Å². The van der Waals surface area contributed by atoms with E-state index in [-0.39, 0.29) is 66.2 Å². The standard InChI is InChI=1S/C41H49ClN6O10/c1-7-23-17-41(23,37(52)53)47-35(50)29-15-25(18-48(29)36(51)34(40(4,5)6)46-39(54)58-24-13-21-12-22(21)14-24)57-31-16-27(28-19-56-38(45-28)43-20(2)3)44-33-26(31)8-9-30(32(33)42)55-11-10-49/h7-10,16,19-25,29,34H,1,11-15,17-18H2,2-6H3,(H,43,45)(H,46,54)(H,47,50)(H,52,53)/t21-,22+,23-,24+,25?,29+,34-,41?/m1/s1. The Morgan fingerprint density at radius 1 is 1.09 bits per heavy atom. The van der Waals surface area contributed by atoms with Crippen molar-refractivity contribution in [3.63, 3.8) is 0 Å². The maximum absolute atomic E-state index is 14.7. The largest absolute Gasteiger partial charge is 0.488 e. The predicted molar refractivity (Wildman–Crippen MR) is 211 cm³/mol. The van der Waals surface area contributed by atoms with Gasteiger partial charge in [-0.15, -0.1) is 6.58 Å². The van der Waals surface area contributed by atoms with Crippen LogP contribution in [-0.2, 0) is 23.9 Å². The summed E-state index contributed by atoms with van der Waals surface area (Å²) in [5.41, 5.74) is -1.44. The van der Waals surface area contributed by atoms with Crippen molar-refractivity contribution in [1.82, 2.24) is 25.5 Å². The first-order valence-corrected chi connectivity index (χ1v) is 19.9. The van der Waals surface area contributed by atoms with Gasteiger partial charge in [0.25, 0.3) is 6.01 Å². The van der Waals surface area contributed by atoms with E-state index >= 15 is 0 Å². The lowest BCUT2D eigenvalue weighted by Crippen LogP contribution is -2.59. The van der Waals surface area contributed by atoms with Gasteiger partial charge in [0, 0.05) is 29.8 Å². The Labute approximate surface area is 340 Å². The van der Waals surface area contributed by atoms with E-state index < -0.39 is 58.9 Å². The number of carbonyl (C=O) groups excluding carboxylic acids is 4. The first-order chi connectivity index (χ1) is 27.5. The number of aliphatic carboxylic acids is 1. The summed E-state index contributed by atoms with van der Waals surface area (Å²) < 4.78 is 23.6. The van der Waals surface area contributed by atoms with E-state index in [0.717, 1.165) is 19.3 Å². The molecule has 2 aromatic heterocycles. The zero-order valence-corrected chi connectivity index (χ0v) is 33.8. The van der Waals surface area contributed by atoms with Crippen LogP contribution in [0.15, 0.2) is 41.5 Å². The van der Waals surface area contributed by atoms with E-state index in [1.54, 1.807) is 39.0 Å². The average Bonchev–Trinajstić information content (AvgIpc) is 3.83. The third-order valence-corrected chi connectivity index (χ3v) is 11.7. The quantitative estimate of drug-likeness (QED) is 0.112. The lowest BCUT2D eigenvalue weighted by molar-refractivity contribution is -0.146. The fourth-order valence-corrected chi connectivity index (χ4v) is 8.39. The molecule has 0 spiro atoms. The molecule has 2 unspecified atom stereocenters. The molecule has 17 heteroatoms. The predicted octanol–water partition coefficient (Wildman–Crippen LogP) is 5.37. The van der Waals surface area contributed by atoms with Crippen LogP contribution in [0.2, 0.25) is 5.02 Å². The Balaban J connectivity index is 1.21. The van der Waals surface area contributed by atoms with Gasteiger partial charge in [0.05, 0.1) is 17.8 Å². The van der Waals surface area contributed by atoms with Gasteiger partial charge in [-0.25, -0.2) is 14.6 Å². The van der Waals surface area contributed by atoms with Crippen LogP contribution >= 0.6 is 11.6 Å². The number of nitrogens with zero attached hydrogens (tertiary/aromatic N) is 3. The van der Waals surface area contributed by atoms with Crippen molar-refractivity contribution >= 4 is 58.7 Å². The molecular formula is C41H49ClN6O10. The van der Waals surface area contributed by atoms with Crippen LogP contribution in [0.1, 0.15) is 66.7 Å². The highest BCUT2D eigenvalue weighted by atomic mass is 35.5. The second-order valence-corrected chi connectivity index (χ2v) is 17.5. The number of ether oxygens (including phenoxy) is 3. The SMILES string of the molecule is C=C[C@@H]1CC1(NC(=O)[C@@H]1CC(Oc2cc(-c3coc(NC(C)C)n3)nc3c(Cl)c(OCC=O)ccc23)CN1C(=O)[C@@H](NC(=O)O[C@@H]1C[C@@H]2C[C@@H]2C1)C(C)(C)C)C(=O)O. The highest BCUT2D eigenvalue weighted by Crippen LogP contribution is 2.52. The summed E-state index contributed by atoms with van der Waals surface area (Å²) in [6.45, 7) is 12.6. The molecule has 310 valence electrons. The number of carbonyl (C=O) groups is 5. The van der Waals surface area contributed by atoms with Crippen molar-refractivity contribution < 1.29 is 47.7 Å². The minimum atomic E-state index is -1.56. The number of anilines is 1. The number of aldehydes is 1. The molecule has 3 amide bonds. The van der Waals surface area contributed by atoms with E-state index in [2.05, 4.69) is 27.5 Å². The number of hydrogen-bond donors (Lipinski definition) is 4. The van der Waals surface area contributed by atoms with Crippen molar-refractivity contribution in [2.24, 2.45) is 23.2 Å². The lowest BCUT2D eigenvalue weighted by Gasteiger charge is -2.35. The van der Waals surface area contributed by atoms with Gasteiger partial charge < -0.3 is 44.6 Å². The summed E-state index contributed by atoms with van der Waals surface area (Å²) in [7, 11) is 0. The third kappa shape index (κ3) is 8.29. The maximum atomic E-state index is 14.7. The van der Waals surface area contributed by atoms with Crippen LogP contribution < -0.4 is 25.4 Å². The topological polar surface area (TPSA) is 212 Å². The second-order valence-electron chi connectivity index (χ2n) is 17.1. The minimum absolute atomic E-state index is 0.0297. The number of alkyl carbamates (subject to hydrolysis) is 1. The summed E-state index contributed by atoms with van der Waals surface area (Å²) in [5, 5.41) is 19.3. The highest BCUT2D eigenvalue weighted by molar-refractivity contribution is 6.36. The smallest absolute Gasteiger partial charge is 0.408 e. The first-order valence-electron chi connectivity index (χ1n) is 19.6. The van der Waals surface area contributed by atoms with Gasteiger partial charge in [-0.05, 0) is 68.9 Å². The van der Waals surface area contributed by atoms with Gasteiger partial charge in [0.1, 0.15) is 64.9 Å². The number of carboxylic acids is 1. The van der Waals surface area contributed by atoms with Gasteiger partial charge >= 0.3 is 12.1 Å². The molecular weight excluding hydrogens is 772 g/mol. The van der Waals surface area contributed by atoms with Gasteiger partial charge in [-0.2, -0.15) is 4.98 Å². The molecule has 0 bridgehead atoms. The van der Waals surface area contributed by atoms with Gasteiger partial charge in [0.15, 0.2) is 6.29 Å². The summed E-state index contributed by atoms with van der Waals surface area (Å²) in [6, 6.07) is 2.89. The Kier molecular flexibility index (Phi) is 11.1. The fourth-order valence-electron chi connectivity index (χ4n) is 8.12. The number of oxazole rings is 1. The molecule has 58 heavy (non-hydrogen) atoms. The fraction of sp³-hybridized carbons (Fsp3) is 0.537. The normalized spacial score (nSPS) is 26.4. The third-order valence-electron chi connectivity index (χ3n) is 11.4. The van der Waals surface area contributed by atoms with Crippen LogP contribution in [-0.4, -0.2) is 99.2 Å². The van der Waals surface area contributed by atoms with Crippen molar-refractivity contribution in [2.45, 2.75) is 103 Å². The molecule has 1 saturated heterocycles. The molecule has 4 N–H and O–H groups in total. The number of pyridine rings is 1. The Hall–Kier alpha value is -5.38. The number of amides is 3. The first kappa shape index (κ1) is 40.8. The Morgan fingerprint density at radius 3 is 2.47 bits per heavy atom. The number of rotatable bonds is 15. The number of aromatic nitrogens is 2. The molecule has 3 heterocycles. The molecule has 3 saturated carbocycles. The van der Waals surface area contributed by atoms with E-state index in [9.17, 15) is 29.1 Å². The Bertz CT molecular complexity index is 2120. The van der Waals surface area contributed by atoms with Gasteiger partial charge in [0.2, 0.25) is 11.8 Å². The molecule has 1 aliphatic heterocycles. The van der Waals surface area contributed by atoms with Gasteiger partial charge in [-0.3, -0.25) is 14.4 Å². The second kappa shape index (κ2) is 15.8. The van der Waals surface area contributed by atoms with Crippen LogP contribution in [0.3, 0.4) is 0 Å². The zero-order valence-electron chi connectivity index (χ0n) is 33.1. The number of nitrogens with one attached hydrogen (secondary N) is 3. The summed E-state index contributed by atoms with van der Waals surface area (Å²) in [4.78, 5) is 76.2. The monoisotopic (exact) mass is 820 g/mol. The van der Waals surface area contributed by atoms with Gasteiger partial charge in [-0.1, -0.05) is 38.4 Å². The number of fused-ring (bicyclic) bond motifs is 2. The van der Waals surface area contributed by atoms with E-state index in [1.165, 1.54) is 17.2 Å². The van der Waals surface area contributed by atoms with Crippen molar-refractivity contribution in [2.75, 3.05) is 18.5 Å². The Morgan fingerprint density at radius 2 is 1.83 bits per heavy atom. The molecule has 4 aliphatic rings. The number of likely N-dealkylation sites (tertiary alicyclic amines) is 1. The van der Waals surface area contributed by atoms with Crippen LogP contribution in [0.5, 0.6) is 11.5 Å². The lowest BCUT2D eigenvalue weighted by atomic mass is 9.85. The summed E-state index contributed by atoms with van der Waals surface area (Å²) in [5.74, 6) is -1.29. The summed E-state index contributed by atoms with van der Waals surface area (Å²) in [6.07, 6.45) is 4.63. The number of benzene rings is 1. The molecule has 7 rings (SSSR count). The molecule has 4 fully saturated rings. The minimum Gasteiger partial charge on any atom is -0.488 e. The maximum Gasteiger partial charge on any atom is 0.408 e. The molecule has 3 aliphatic carbocycles. The number of hydrogen-bond acceptors (Lipinski definition) is 12. The van der Waals surface area contributed by atoms with Crippen molar-refractivity contribution in [1.29, 1.82) is 0 Å². The van der Waals surface area contributed by atoms with E-state index in [4.69, 9.17) is 35.2 Å². The number of halogens is 1. The molecule has 16 nitrogen and oxygen atoms in total. The van der Waals surface area contributed by atoms with E-state index in [0.29, 0.717) is 34.9 Å². The van der Waals surface area contributed by atoms with Crippen LogP contribution in [0.25, 0.3) is 22.3 Å². The molecule has 0 radical (unpaired) electrons. The van der Waals surface area contributed by atoms with E-state index in [1.807, 2.05) is 13.8 Å². The number of carboxylic acid groups (broad SMARTS) is 1. The van der Waals surface area contributed by atoms with Crippen LogP contribution in [0, 0.1) is 23.2 Å².